The van der Waals surface area contributed by atoms with Crippen molar-refractivity contribution in [3.8, 4) is 0 Å². The second kappa shape index (κ2) is 11.0. The average molecular weight is 533 g/mol. The molecule has 8 nitrogen and oxygen atoms in total. The number of thiophene rings is 1. The molecule has 0 unspecified atom stereocenters. The zero-order valence-corrected chi connectivity index (χ0v) is 22.5. The molecule has 0 bridgehead atoms. The lowest BCUT2D eigenvalue weighted by Gasteiger charge is -2.40. The Hall–Kier alpha value is -3.56. The molecule has 2 atom stereocenters. The van der Waals surface area contributed by atoms with Gasteiger partial charge in [-0.25, -0.2) is 0 Å². The molecule has 0 spiro atoms. The molecule has 2 aliphatic heterocycles. The van der Waals surface area contributed by atoms with Crippen LogP contribution in [0, 0.1) is 17.0 Å². The van der Waals surface area contributed by atoms with Crippen molar-refractivity contribution in [1.29, 1.82) is 0 Å². The van der Waals surface area contributed by atoms with E-state index in [1.54, 1.807) is 11.0 Å². The molecule has 1 fully saturated rings. The largest absolute Gasteiger partial charge is 0.339 e. The van der Waals surface area contributed by atoms with E-state index in [0.29, 0.717) is 38.2 Å². The molecule has 1 saturated heterocycles. The van der Waals surface area contributed by atoms with E-state index in [-0.39, 0.29) is 29.6 Å². The van der Waals surface area contributed by atoms with Crippen LogP contribution in [0.1, 0.15) is 51.3 Å². The van der Waals surface area contributed by atoms with E-state index in [4.69, 9.17) is 0 Å². The maximum absolute atomic E-state index is 13.3. The molecular weight excluding hydrogens is 500 g/mol. The van der Waals surface area contributed by atoms with Gasteiger partial charge < -0.3 is 9.80 Å². The number of non-ortho nitro benzene ring substituents is 1. The molecule has 0 radical (unpaired) electrons. The zero-order chi connectivity index (χ0) is 26.8. The van der Waals surface area contributed by atoms with Crippen molar-refractivity contribution in [2.75, 3.05) is 32.7 Å². The molecule has 38 heavy (non-hydrogen) atoms. The van der Waals surface area contributed by atoms with Crippen molar-refractivity contribution in [2.24, 2.45) is 0 Å². The number of benzene rings is 2. The lowest BCUT2D eigenvalue weighted by atomic mass is 9.92. The van der Waals surface area contributed by atoms with Crippen LogP contribution in [-0.2, 0) is 11.2 Å². The van der Waals surface area contributed by atoms with Crippen LogP contribution in [0.3, 0.4) is 0 Å². The lowest BCUT2D eigenvalue weighted by Crippen LogP contribution is -2.55. The van der Waals surface area contributed by atoms with Gasteiger partial charge in [0.15, 0.2) is 0 Å². The smallest absolute Gasteiger partial charge is 0.270 e. The Kier molecular flexibility index (Phi) is 7.58. The van der Waals surface area contributed by atoms with Gasteiger partial charge in [-0.1, -0.05) is 35.9 Å². The number of nitro groups is 1. The van der Waals surface area contributed by atoms with Gasteiger partial charge in [0.05, 0.1) is 11.0 Å². The normalized spacial score (nSPS) is 19.7. The number of aryl methyl sites for hydroxylation is 1. The van der Waals surface area contributed by atoms with Crippen LogP contribution < -0.4 is 0 Å². The molecule has 198 valence electrons. The van der Waals surface area contributed by atoms with E-state index >= 15 is 0 Å². The highest BCUT2D eigenvalue weighted by Gasteiger charge is 2.33. The topological polar surface area (TPSA) is 87.0 Å². The molecule has 0 saturated carbocycles. The van der Waals surface area contributed by atoms with Crippen LogP contribution >= 0.6 is 11.3 Å². The van der Waals surface area contributed by atoms with Crippen molar-refractivity contribution in [3.05, 3.63) is 97.2 Å². The van der Waals surface area contributed by atoms with Crippen LogP contribution in [0.4, 0.5) is 5.69 Å². The summed E-state index contributed by atoms with van der Waals surface area (Å²) in [7, 11) is 0. The maximum atomic E-state index is 13.3. The molecule has 0 N–H and O–H groups in total. The summed E-state index contributed by atoms with van der Waals surface area (Å²) in [6, 6.07) is 16.7. The number of rotatable bonds is 6. The first-order valence-corrected chi connectivity index (χ1v) is 13.9. The van der Waals surface area contributed by atoms with Crippen molar-refractivity contribution >= 4 is 28.8 Å². The SMILES string of the molecule is Cc1ccc([C@@H]2c3ccsc3CCN2CCC(=O)N2CCN(C(=O)c3cccc([N+](=O)[O-])c3)[C@H](C)C2)cc1. The predicted octanol–water partition coefficient (Wildman–Crippen LogP) is 4.68. The minimum Gasteiger partial charge on any atom is -0.339 e. The summed E-state index contributed by atoms with van der Waals surface area (Å²) in [6.07, 6.45) is 1.42. The number of hydrogen-bond donors (Lipinski definition) is 0. The molecular formula is C29H32N4O4S. The fraction of sp³-hybridized carbons (Fsp3) is 0.379. The number of amides is 2. The molecule has 9 heteroatoms. The van der Waals surface area contributed by atoms with Crippen molar-refractivity contribution in [3.63, 3.8) is 0 Å². The van der Waals surface area contributed by atoms with Crippen molar-refractivity contribution < 1.29 is 14.5 Å². The minimum absolute atomic E-state index is 0.0954. The van der Waals surface area contributed by atoms with Gasteiger partial charge in [-0.05, 0) is 48.9 Å². The van der Waals surface area contributed by atoms with E-state index in [0.717, 1.165) is 13.0 Å². The van der Waals surface area contributed by atoms with Gasteiger partial charge in [0.2, 0.25) is 5.91 Å². The van der Waals surface area contributed by atoms with Crippen molar-refractivity contribution in [1.82, 2.24) is 14.7 Å². The van der Waals surface area contributed by atoms with E-state index in [9.17, 15) is 19.7 Å². The molecule has 2 aliphatic rings. The summed E-state index contributed by atoms with van der Waals surface area (Å²) >= 11 is 1.81. The number of hydrogen-bond acceptors (Lipinski definition) is 6. The molecule has 5 rings (SSSR count). The number of nitrogens with zero attached hydrogens (tertiary/aromatic N) is 4. The van der Waals surface area contributed by atoms with Gasteiger partial charge in [-0.15, -0.1) is 11.3 Å². The Morgan fingerprint density at radius 1 is 1.08 bits per heavy atom. The Bertz CT molecular complexity index is 1340. The number of carbonyl (C=O) groups excluding carboxylic acids is 2. The highest BCUT2D eigenvalue weighted by Crippen LogP contribution is 2.38. The summed E-state index contributed by atoms with van der Waals surface area (Å²) in [5.41, 5.74) is 4.03. The standard InChI is InChI=1S/C29H32N4O4S/c1-20-6-8-22(9-7-20)28-25-12-17-38-26(25)10-13-30(28)14-11-27(34)31-15-16-32(21(2)19-31)29(35)23-4-3-5-24(18-23)33(36)37/h3-9,12,17-18,21,28H,10-11,13-16,19H2,1-2H3/t21-,28-/m1/s1. The first-order valence-electron chi connectivity index (χ1n) is 13.0. The number of nitro benzene ring substituents is 1. The molecule has 2 amide bonds. The van der Waals surface area contributed by atoms with Gasteiger partial charge in [0, 0.05) is 67.8 Å². The summed E-state index contributed by atoms with van der Waals surface area (Å²) < 4.78 is 0. The van der Waals surface area contributed by atoms with E-state index in [2.05, 4.69) is 47.5 Å². The van der Waals surface area contributed by atoms with Crippen LogP contribution in [-0.4, -0.2) is 70.2 Å². The molecule has 2 aromatic carbocycles. The third-order valence-electron chi connectivity index (χ3n) is 7.62. The molecule has 3 aromatic rings. The molecule has 3 heterocycles. The van der Waals surface area contributed by atoms with E-state index in [1.165, 1.54) is 39.8 Å². The highest BCUT2D eigenvalue weighted by molar-refractivity contribution is 7.10. The first kappa shape index (κ1) is 26.1. The van der Waals surface area contributed by atoms with Crippen LogP contribution in [0.5, 0.6) is 0 Å². The Labute approximate surface area is 226 Å². The maximum Gasteiger partial charge on any atom is 0.270 e. The Balaban J connectivity index is 1.21. The number of fused-ring (bicyclic) bond motifs is 1. The second-order valence-electron chi connectivity index (χ2n) is 10.1. The Morgan fingerprint density at radius 3 is 2.61 bits per heavy atom. The minimum atomic E-state index is -0.498. The van der Waals surface area contributed by atoms with Gasteiger partial charge in [0.25, 0.3) is 11.6 Å². The van der Waals surface area contributed by atoms with Gasteiger partial charge in [-0.2, -0.15) is 0 Å². The first-order chi connectivity index (χ1) is 18.3. The van der Waals surface area contributed by atoms with Crippen LogP contribution in [0.2, 0.25) is 0 Å². The van der Waals surface area contributed by atoms with Gasteiger partial charge in [0.1, 0.15) is 0 Å². The van der Waals surface area contributed by atoms with Crippen LogP contribution in [0.15, 0.2) is 60.0 Å². The monoisotopic (exact) mass is 532 g/mol. The van der Waals surface area contributed by atoms with E-state index < -0.39 is 4.92 Å². The Morgan fingerprint density at radius 2 is 1.87 bits per heavy atom. The van der Waals surface area contributed by atoms with Crippen molar-refractivity contribution in [2.45, 2.75) is 38.8 Å². The van der Waals surface area contributed by atoms with Gasteiger partial charge in [-0.3, -0.25) is 24.6 Å². The number of carbonyl (C=O) groups is 2. The van der Waals surface area contributed by atoms with Gasteiger partial charge >= 0.3 is 0 Å². The average Bonchev–Trinajstić information content (AvgIpc) is 3.40. The fourth-order valence-corrected chi connectivity index (χ4v) is 6.45. The number of piperazine rings is 1. The fourth-order valence-electron chi connectivity index (χ4n) is 5.55. The molecule has 0 aliphatic carbocycles. The molecule has 1 aromatic heterocycles. The van der Waals surface area contributed by atoms with E-state index in [1.807, 2.05) is 23.2 Å². The summed E-state index contributed by atoms with van der Waals surface area (Å²) in [5.74, 6) is -0.146. The summed E-state index contributed by atoms with van der Waals surface area (Å²) in [5, 5.41) is 13.3. The quantitative estimate of drug-likeness (QED) is 0.340. The summed E-state index contributed by atoms with van der Waals surface area (Å²) in [4.78, 5) is 44.3. The lowest BCUT2D eigenvalue weighted by molar-refractivity contribution is -0.384. The second-order valence-corrected chi connectivity index (χ2v) is 11.1. The predicted molar refractivity (Wildman–Crippen MR) is 147 cm³/mol. The highest BCUT2D eigenvalue weighted by atomic mass is 32.1. The third kappa shape index (κ3) is 5.35. The zero-order valence-electron chi connectivity index (χ0n) is 21.7. The summed E-state index contributed by atoms with van der Waals surface area (Å²) in [6.45, 7) is 6.92. The van der Waals surface area contributed by atoms with Crippen LogP contribution in [0.25, 0.3) is 0 Å². The third-order valence-corrected chi connectivity index (χ3v) is 8.61.